The van der Waals surface area contributed by atoms with Crippen molar-refractivity contribution in [3.63, 3.8) is 0 Å². The smallest absolute Gasteiger partial charge is 0.245 e. The highest BCUT2D eigenvalue weighted by Gasteiger charge is 2.40. The van der Waals surface area contributed by atoms with E-state index < -0.39 is 47.8 Å². The fourth-order valence-corrected chi connectivity index (χ4v) is 4.39. The van der Waals surface area contributed by atoms with E-state index in [1.54, 1.807) is 0 Å². The molecule has 0 aliphatic carbocycles. The molecule has 0 bridgehead atoms. The van der Waals surface area contributed by atoms with E-state index >= 15 is 0 Å². The Bertz CT molecular complexity index is 836. The van der Waals surface area contributed by atoms with Gasteiger partial charge in [-0.25, -0.2) is 0 Å². The molecule has 0 saturated carbocycles. The highest BCUT2D eigenvalue weighted by molar-refractivity contribution is 5.95. The summed E-state index contributed by atoms with van der Waals surface area (Å²) in [5, 5.41) is 15.2. The molecule has 2 heterocycles. The molecule has 14 nitrogen and oxygen atoms in total. The maximum absolute atomic E-state index is 13.5. The molecule has 35 heavy (non-hydrogen) atoms. The standard InChI is InChI=1S/C21H37N9O5/c1-12(17(23)32)27-18(33)15-7-4-10-30(15)20(35)13(5-2-8-26-21(24)25)28-19(34)14-6-3-9-29(14)16(31)11-22/h12-15H,2-11,22H2,1H3,(H2,23,32)(H,27,33)(H,28,34)(H4,24,25,26). The molecule has 4 atom stereocenters. The van der Waals surface area contributed by atoms with E-state index in [1.807, 2.05) is 0 Å². The Balaban J connectivity index is 2.14. The van der Waals surface area contributed by atoms with E-state index in [-0.39, 0.29) is 24.8 Å². The topological polar surface area (TPSA) is 230 Å². The predicted molar refractivity (Wildman–Crippen MR) is 126 cm³/mol. The minimum Gasteiger partial charge on any atom is -0.370 e. The van der Waals surface area contributed by atoms with Crippen molar-refractivity contribution < 1.29 is 24.0 Å². The molecule has 0 aromatic carbocycles. The van der Waals surface area contributed by atoms with Gasteiger partial charge in [-0.15, -0.1) is 0 Å². The highest BCUT2D eigenvalue weighted by atomic mass is 16.2. The summed E-state index contributed by atoms with van der Waals surface area (Å²) in [5.74, 6) is -2.61. The number of carbonyl (C=O) groups excluding carboxylic acids is 5. The van der Waals surface area contributed by atoms with Crippen molar-refractivity contribution in [1.29, 1.82) is 5.41 Å². The Labute approximate surface area is 204 Å². The summed E-state index contributed by atoms with van der Waals surface area (Å²) in [6, 6.07) is -3.35. The Morgan fingerprint density at radius 2 is 1.54 bits per heavy atom. The number of nitrogens with zero attached hydrogens (tertiary/aromatic N) is 2. The van der Waals surface area contributed by atoms with Gasteiger partial charge in [0.2, 0.25) is 29.5 Å². The van der Waals surface area contributed by atoms with Crippen molar-refractivity contribution in [2.75, 3.05) is 26.2 Å². The lowest BCUT2D eigenvalue weighted by molar-refractivity contribution is -0.143. The Hall–Kier alpha value is -3.42. The Morgan fingerprint density at radius 3 is 2.11 bits per heavy atom. The summed E-state index contributed by atoms with van der Waals surface area (Å²) in [6.45, 7) is 2.30. The number of nitrogens with one attached hydrogen (secondary N) is 4. The van der Waals surface area contributed by atoms with E-state index in [1.165, 1.54) is 16.7 Å². The van der Waals surface area contributed by atoms with E-state index in [4.69, 9.17) is 22.6 Å². The Kier molecular flexibility index (Phi) is 10.2. The molecule has 2 rings (SSSR count). The van der Waals surface area contributed by atoms with Crippen molar-refractivity contribution in [3.05, 3.63) is 0 Å². The van der Waals surface area contributed by atoms with Gasteiger partial charge in [0.25, 0.3) is 0 Å². The second-order valence-electron chi connectivity index (χ2n) is 8.82. The molecule has 5 amide bonds. The van der Waals surface area contributed by atoms with Crippen molar-refractivity contribution in [3.8, 4) is 0 Å². The molecule has 2 fully saturated rings. The summed E-state index contributed by atoms with van der Waals surface area (Å²) < 4.78 is 0. The fourth-order valence-electron chi connectivity index (χ4n) is 4.39. The first-order valence-electron chi connectivity index (χ1n) is 11.8. The van der Waals surface area contributed by atoms with E-state index in [2.05, 4.69) is 16.0 Å². The first-order valence-corrected chi connectivity index (χ1v) is 11.8. The minimum absolute atomic E-state index is 0.210. The number of amides is 5. The van der Waals surface area contributed by atoms with Crippen LogP contribution in [0.3, 0.4) is 0 Å². The van der Waals surface area contributed by atoms with Crippen LogP contribution in [0, 0.1) is 5.41 Å². The SMILES string of the molecule is CC(NC(=O)C1CCCN1C(=O)C(CCCNC(=N)N)NC(=O)C1CCCN1C(=O)CN)C(N)=O. The molecular weight excluding hydrogens is 458 g/mol. The van der Waals surface area contributed by atoms with Gasteiger partial charge in [-0.1, -0.05) is 0 Å². The van der Waals surface area contributed by atoms with Crippen LogP contribution in [-0.2, 0) is 24.0 Å². The molecule has 14 heteroatoms. The third-order valence-corrected chi connectivity index (χ3v) is 6.27. The van der Waals surface area contributed by atoms with Gasteiger partial charge in [0, 0.05) is 19.6 Å². The lowest BCUT2D eigenvalue weighted by atomic mass is 10.1. The van der Waals surface area contributed by atoms with Crippen LogP contribution in [0.2, 0.25) is 0 Å². The van der Waals surface area contributed by atoms with Crippen LogP contribution in [0.25, 0.3) is 0 Å². The zero-order valence-electron chi connectivity index (χ0n) is 20.0. The molecule has 2 aliphatic rings. The van der Waals surface area contributed by atoms with E-state index in [0.717, 1.165) is 0 Å². The van der Waals surface area contributed by atoms with Crippen LogP contribution >= 0.6 is 0 Å². The van der Waals surface area contributed by atoms with Crippen molar-refractivity contribution in [2.45, 2.75) is 69.6 Å². The fraction of sp³-hybridized carbons (Fsp3) is 0.714. The van der Waals surface area contributed by atoms with Gasteiger partial charge < -0.3 is 43.0 Å². The molecule has 0 aromatic heterocycles. The highest BCUT2D eigenvalue weighted by Crippen LogP contribution is 2.21. The number of guanidine groups is 1. The van der Waals surface area contributed by atoms with Crippen molar-refractivity contribution in [1.82, 2.24) is 25.8 Å². The molecule has 10 N–H and O–H groups in total. The predicted octanol–water partition coefficient (Wildman–Crippen LogP) is -3.33. The van der Waals surface area contributed by atoms with Gasteiger partial charge >= 0.3 is 0 Å². The van der Waals surface area contributed by atoms with Crippen LogP contribution in [0.1, 0.15) is 45.4 Å². The van der Waals surface area contributed by atoms with Crippen molar-refractivity contribution >= 4 is 35.5 Å². The lowest BCUT2D eigenvalue weighted by Crippen LogP contribution is -2.57. The average molecular weight is 496 g/mol. The maximum atomic E-state index is 13.5. The number of primary amides is 1. The largest absolute Gasteiger partial charge is 0.370 e. The van der Waals surface area contributed by atoms with E-state index in [0.29, 0.717) is 51.7 Å². The van der Waals surface area contributed by atoms with Crippen LogP contribution in [-0.4, -0.2) is 95.6 Å². The quantitative estimate of drug-likeness (QED) is 0.0868. The second kappa shape index (κ2) is 12.9. The first-order chi connectivity index (χ1) is 16.6. The zero-order valence-corrected chi connectivity index (χ0v) is 20.0. The molecular formula is C21H37N9O5. The minimum atomic E-state index is -0.950. The summed E-state index contributed by atoms with van der Waals surface area (Å²) in [7, 11) is 0. The molecule has 0 aromatic rings. The number of carbonyl (C=O) groups is 5. The number of hydrogen-bond donors (Lipinski definition) is 7. The van der Waals surface area contributed by atoms with Gasteiger partial charge in [0.05, 0.1) is 6.54 Å². The first kappa shape index (κ1) is 27.8. The summed E-state index contributed by atoms with van der Waals surface area (Å²) in [5.41, 5.74) is 16.0. The van der Waals surface area contributed by atoms with Gasteiger partial charge in [0.15, 0.2) is 5.96 Å². The lowest BCUT2D eigenvalue weighted by Gasteiger charge is -2.31. The Morgan fingerprint density at radius 1 is 0.971 bits per heavy atom. The molecule has 0 spiro atoms. The summed E-state index contributed by atoms with van der Waals surface area (Å²) >= 11 is 0. The van der Waals surface area contributed by atoms with Gasteiger partial charge in [0.1, 0.15) is 24.2 Å². The van der Waals surface area contributed by atoms with Crippen LogP contribution in [0.15, 0.2) is 0 Å². The van der Waals surface area contributed by atoms with E-state index in [9.17, 15) is 24.0 Å². The summed E-state index contributed by atoms with van der Waals surface area (Å²) in [4.78, 5) is 65.5. The van der Waals surface area contributed by atoms with Gasteiger partial charge in [-0.3, -0.25) is 29.4 Å². The van der Waals surface area contributed by atoms with Crippen LogP contribution in [0.4, 0.5) is 0 Å². The molecule has 0 radical (unpaired) electrons. The molecule has 2 saturated heterocycles. The van der Waals surface area contributed by atoms with Gasteiger partial charge in [-0.05, 0) is 45.4 Å². The molecule has 4 unspecified atom stereocenters. The number of likely N-dealkylation sites (tertiary alicyclic amines) is 2. The van der Waals surface area contributed by atoms with Crippen LogP contribution < -0.4 is 33.2 Å². The van der Waals surface area contributed by atoms with Crippen LogP contribution in [0.5, 0.6) is 0 Å². The number of rotatable bonds is 11. The number of nitrogens with two attached hydrogens (primary N) is 3. The molecule has 2 aliphatic heterocycles. The third kappa shape index (κ3) is 7.53. The van der Waals surface area contributed by atoms with Crippen molar-refractivity contribution in [2.24, 2.45) is 17.2 Å². The second-order valence-corrected chi connectivity index (χ2v) is 8.82. The normalized spacial score (nSPS) is 21.2. The number of hydrogen-bond acceptors (Lipinski definition) is 7. The molecule has 196 valence electrons. The van der Waals surface area contributed by atoms with Gasteiger partial charge in [-0.2, -0.15) is 0 Å². The average Bonchev–Trinajstić information content (AvgIpc) is 3.49. The summed E-state index contributed by atoms with van der Waals surface area (Å²) in [6.07, 6.45) is 2.75. The third-order valence-electron chi connectivity index (χ3n) is 6.27. The zero-order chi connectivity index (χ0) is 26.1. The monoisotopic (exact) mass is 495 g/mol. The maximum Gasteiger partial charge on any atom is 0.245 e.